The number of hydrogen-bond acceptors (Lipinski definition) is 3. The van der Waals surface area contributed by atoms with E-state index in [1.54, 1.807) is 0 Å². The summed E-state index contributed by atoms with van der Waals surface area (Å²) in [5.41, 5.74) is 5.94. The number of nitrogens with one attached hydrogen (secondary N) is 1. The molecule has 2 rings (SSSR count). The summed E-state index contributed by atoms with van der Waals surface area (Å²) < 4.78 is 5.43. The topological polar surface area (TPSA) is 79.9 Å². The van der Waals surface area contributed by atoms with Crippen LogP contribution in [0.15, 0.2) is 4.99 Å². The molecule has 2 fully saturated rings. The van der Waals surface area contributed by atoms with Gasteiger partial charge in [0.1, 0.15) is 0 Å². The quantitative estimate of drug-likeness (QED) is 0.533. The molecule has 5 nitrogen and oxygen atoms in total. The third kappa shape index (κ3) is 3.64. The first-order valence-electron chi connectivity index (χ1n) is 7.83. The highest BCUT2D eigenvalue weighted by atomic mass is 16.5. The number of hydrogen-bond donors (Lipinski definition) is 3. The molecular weight excluding hydrogens is 254 g/mol. The highest BCUT2D eigenvalue weighted by Crippen LogP contribution is 2.48. The summed E-state index contributed by atoms with van der Waals surface area (Å²) in [6.45, 7) is 7.27. The Hall–Kier alpha value is -0.810. The molecule has 1 spiro atoms. The van der Waals surface area contributed by atoms with Crippen molar-refractivity contribution in [2.24, 2.45) is 28.0 Å². The van der Waals surface area contributed by atoms with Crippen molar-refractivity contribution in [1.82, 2.24) is 5.32 Å². The van der Waals surface area contributed by atoms with E-state index in [1.165, 1.54) is 0 Å². The van der Waals surface area contributed by atoms with E-state index in [0.29, 0.717) is 11.9 Å². The maximum absolute atomic E-state index is 10.6. The summed E-state index contributed by atoms with van der Waals surface area (Å²) in [4.78, 5) is 4.30. The number of ether oxygens (including phenoxy) is 1. The van der Waals surface area contributed by atoms with Gasteiger partial charge in [-0.15, -0.1) is 0 Å². The van der Waals surface area contributed by atoms with E-state index < -0.39 is 0 Å². The van der Waals surface area contributed by atoms with Gasteiger partial charge in [-0.25, -0.2) is 0 Å². The Morgan fingerprint density at radius 3 is 2.75 bits per heavy atom. The minimum atomic E-state index is -0.239. The van der Waals surface area contributed by atoms with Gasteiger partial charge in [0.2, 0.25) is 0 Å². The summed E-state index contributed by atoms with van der Waals surface area (Å²) in [6, 6.07) is 0. The predicted octanol–water partition coefficient (Wildman–Crippen LogP) is 1.11. The molecule has 0 bridgehead atoms. The molecule has 0 aromatic heterocycles. The van der Waals surface area contributed by atoms with Gasteiger partial charge in [-0.2, -0.15) is 0 Å². The highest BCUT2D eigenvalue weighted by Gasteiger charge is 2.47. The van der Waals surface area contributed by atoms with Gasteiger partial charge in [-0.05, 0) is 31.6 Å². The third-order valence-electron chi connectivity index (χ3n) is 4.75. The van der Waals surface area contributed by atoms with Crippen LogP contribution in [0.2, 0.25) is 0 Å². The summed E-state index contributed by atoms with van der Waals surface area (Å²) in [7, 11) is 0. The fourth-order valence-corrected chi connectivity index (χ4v) is 3.39. The predicted molar refractivity (Wildman–Crippen MR) is 80.5 cm³/mol. The zero-order valence-corrected chi connectivity index (χ0v) is 12.8. The monoisotopic (exact) mass is 283 g/mol. The van der Waals surface area contributed by atoms with Crippen LogP contribution < -0.4 is 11.1 Å². The van der Waals surface area contributed by atoms with E-state index in [2.05, 4.69) is 24.2 Å². The fraction of sp³-hybridized carbons (Fsp3) is 0.933. The van der Waals surface area contributed by atoms with Crippen molar-refractivity contribution in [3.05, 3.63) is 0 Å². The smallest absolute Gasteiger partial charge is 0.188 e. The molecule has 5 heteroatoms. The number of aliphatic hydroxyl groups excluding tert-OH is 1. The van der Waals surface area contributed by atoms with Crippen molar-refractivity contribution in [1.29, 1.82) is 0 Å². The number of guanidine groups is 1. The Morgan fingerprint density at radius 1 is 1.40 bits per heavy atom. The lowest BCUT2D eigenvalue weighted by Gasteiger charge is -2.37. The van der Waals surface area contributed by atoms with Gasteiger partial charge < -0.3 is 20.9 Å². The average molecular weight is 283 g/mol. The minimum Gasteiger partial charge on any atom is -0.392 e. The zero-order valence-electron chi connectivity index (χ0n) is 12.8. The van der Waals surface area contributed by atoms with Crippen molar-refractivity contribution >= 4 is 5.96 Å². The van der Waals surface area contributed by atoms with Crippen molar-refractivity contribution in [3.8, 4) is 0 Å². The summed E-state index contributed by atoms with van der Waals surface area (Å²) in [5.74, 6) is 1.29. The molecule has 4 N–H and O–H groups in total. The second-order valence-corrected chi connectivity index (χ2v) is 6.72. The molecule has 1 saturated heterocycles. The van der Waals surface area contributed by atoms with Gasteiger partial charge >= 0.3 is 0 Å². The first-order chi connectivity index (χ1) is 9.53. The van der Waals surface area contributed by atoms with E-state index in [0.717, 1.165) is 52.0 Å². The maximum atomic E-state index is 10.6. The van der Waals surface area contributed by atoms with Crippen LogP contribution in [-0.4, -0.2) is 43.5 Å². The maximum Gasteiger partial charge on any atom is 0.188 e. The van der Waals surface area contributed by atoms with Crippen molar-refractivity contribution < 1.29 is 9.84 Å². The largest absolute Gasteiger partial charge is 0.392 e. The van der Waals surface area contributed by atoms with Gasteiger partial charge in [0, 0.05) is 37.6 Å². The molecule has 2 unspecified atom stereocenters. The van der Waals surface area contributed by atoms with Crippen LogP contribution in [0, 0.1) is 17.3 Å². The lowest BCUT2D eigenvalue weighted by atomic mass is 9.76. The minimum absolute atomic E-state index is 0.0917. The average Bonchev–Trinajstić information content (AvgIpc) is 2.72. The molecule has 0 aromatic carbocycles. The molecule has 20 heavy (non-hydrogen) atoms. The number of aliphatic imine (C=N–C) groups is 1. The van der Waals surface area contributed by atoms with Crippen LogP contribution >= 0.6 is 0 Å². The summed E-state index contributed by atoms with van der Waals surface area (Å²) in [6.07, 6.45) is 3.90. The Balaban J connectivity index is 1.81. The molecule has 2 aliphatic rings. The molecular formula is C15H29N3O2. The van der Waals surface area contributed by atoms with Gasteiger partial charge in [0.05, 0.1) is 6.10 Å². The van der Waals surface area contributed by atoms with E-state index in [1.807, 2.05) is 0 Å². The number of aliphatic hydroxyl groups is 1. The molecule has 2 atom stereocenters. The van der Waals surface area contributed by atoms with Crippen molar-refractivity contribution in [2.75, 3.05) is 26.3 Å². The molecule has 0 aromatic rings. The number of nitrogens with zero attached hydrogens (tertiary/aromatic N) is 1. The number of rotatable bonds is 4. The molecule has 0 radical (unpaired) electrons. The number of nitrogens with two attached hydrogens (primary N) is 1. The van der Waals surface area contributed by atoms with Gasteiger partial charge in [-0.3, -0.25) is 4.99 Å². The van der Waals surface area contributed by atoms with Crippen molar-refractivity contribution in [3.63, 3.8) is 0 Å². The fourth-order valence-electron chi connectivity index (χ4n) is 3.39. The first-order valence-corrected chi connectivity index (χ1v) is 7.83. The van der Waals surface area contributed by atoms with E-state index in [9.17, 15) is 5.11 Å². The first kappa shape index (κ1) is 15.6. The SMILES string of the molecule is CC(C)CN=C(N)NCC1CCC2(CCOCC2)C1O. The van der Waals surface area contributed by atoms with E-state index in [4.69, 9.17) is 10.5 Å². The molecule has 1 aliphatic heterocycles. The third-order valence-corrected chi connectivity index (χ3v) is 4.75. The Morgan fingerprint density at radius 2 is 2.10 bits per heavy atom. The van der Waals surface area contributed by atoms with Crippen LogP contribution in [0.3, 0.4) is 0 Å². The van der Waals surface area contributed by atoms with Crippen LogP contribution in [0.5, 0.6) is 0 Å². The highest BCUT2D eigenvalue weighted by molar-refractivity contribution is 5.77. The molecule has 1 aliphatic carbocycles. The van der Waals surface area contributed by atoms with Crippen LogP contribution in [0.1, 0.15) is 39.5 Å². The lowest BCUT2D eigenvalue weighted by molar-refractivity contribution is -0.0553. The lowest BCUT2D eigenvalue weighted by Crippen LogP contribution is -2.43. The Labute approximate surface area is 122 Å². The zero-order chi connectivity index (χ0) is 14.6. The second kappa shape index (κ2) is 6.76. The normalized spacial score (nSPS) is 30.1. The summed E-state index contributed by atoms with van der Waals surface area (Å²) in [5, 5.41) is 13.8. The standard InChI is InChI=1S/C15H29N3O2/c1-11(2)9-17-14(16)18-10-12-3-4-15(13(12)19)5-7-20-8-6-15/h11-13,19H,3-10H2,1-2H3,(H3,16,17,18). The van der Waals surface area contributed by atoms with E-state index >= 15 is 0 Å². The van der Waals surface area contributed by atoms with Gasteiger partial charge in [0.25, 0.3) is 0 Å². The molecule has 116 valence electrons. The van der Waals surface area contributed by atoms with Crippen LogP contribution in [0.4, 0.5) is 0 Å². The van der Waals surface area contributed by atoms with Gasteiger partial charge in [-0.1, -0.05) is 13.8 Å². The Bertz CT molecular complexity index is 338. The van der Waals surface area contributed by atoms with Crippen LogP contribution in [-0.2, 0) is 4.74 Å². The van der Waals surface area contributed by atoms with Gasteiger partial charge in [0.15, 0.2) is 5.96 Å². The van der Waals surface area contributed by atoms with E-state index in [-0.39, 0.29) is 17.4 Å². The molecule has 1 saturated carbocycles. The summed E-state index contributed by atoms with van der Waals surface area (Å²) >= 11 is 0. The second-order valence-electron chi connectivity index (χ2n) is 6.72. The van der Waals surface area contributed by atoms with Crippen molar-refractivity contribution in [2.45, 2.75) is 45.6 Å². The molecule has 1 heterocycles. The molecule has 0 amide bonds. The van der Waals surface area contributed by atoms with Crippen LogP contribution in [0.25, 0.3) is 0 Å². The Kier molecular flexibility index (Phi) is 5.27.